The maximum absolute atomic E-state index is 14.1. The standard InChI is InChI=1S/C23H23ClF3N3O4/c1-14-8-17(6-7-28-14)22(32,23(25,26)27)15(2)19-5-4-18(9-20(19)24)34-13-16-10-29-30(11-16)12-21(31)33-3/h4-11,15,32H,12-13H2,1-3H3. The topological polar surface area (TPSA) is 86.5 Å². The molecular formula is C23H23ClF3N3O4. The van der Waals surface area contributed by atoms with Gasteiger partial charge < -0.3 is 14.6 Å². The third-order valence-corrected chi connectivity index (χ3v) is 5.77. The SMILES string of the molecule is COC(=O)Cn1cc(COc2ccc(C(C)C(O)(c3ccnc(C)c3)C(F)(F)F)c(Cl)c2)cn1. The first-order chi connectivity index (χ1) is 16.0. The number of esters is 1. The first-order valence-electron chi connectivity index (χ1n) is 10.2. The number of hydrogen-bond acceptors (Lipinski definition) is 6. The second kappa shape index (κ2) is 10.0. The summed E-state index contributed by atoms with van der Waals surface area (Å²) in [5.41, 5.74) is -2.38. The molecule has 11 heteroatoms. The summed E-state index contributed by atoms with van der Waals surface area (Å²) in [4.78, 5) is 15.2. The molecule has 2 unspecified atom stereocenters. The number of hydrogen-bond donors (Lipinski definition) is 1. The highest BCUT2D eigenvalue weighted by Gasteiger charge is 2.59. The van der Waals surface area contributed by atoms with Crippen LogP contribution in [0.15, 0.2) is 48.9 Å². The smallest absolute Gasteiger partial charge is 0.422 e. The first kappa shape index (κ1) is 25.5. The van der Waals surface area contributed by atoms with Crippen molar-refractivity contribution in [2.45, 2.75) is 44.7 Å². The Bertz CT molecular complexity index is 1170. The summed E-state index contributed by atoms with van der Waals surface area (Å²) in [5.74, 6) is -1.56. The Morgan fingerprint density at radius 2 is 2.00 bits per heavy atom. The van der Waals surface area contributed by atoms with Crippen LogP contribution in [0.4, 0.5) is 13.2 Å². The Hall–Kier alpha value is -3.11. The maximum Gasteiger partial charge on any atom is 0.422 e. The number of nitrogens with zero attached hydrogens (tertiary/aromatic N) is 3. The fourth-order valence-corrected chi connectivity index (χ4v) is 3.88. The van der Waals surface area contributed by atoms with Gasteiger partial charge >= 0.3 is 12.1 Å². The number of pyridine rings is 1. The molecule has 2 aromatic heterocycles. The molecule has 0 aliphatic rings. The Kier molecular flexibility index (Phi) is 7.52. The molecule has 7 nitrogen and oxygen atoms in total. The van der Waals surface area contributed by atoms with E-state index < -0.39 is 23.7 Å². The van der Waals surface area contributed by atoms with Gasteiger partial charge in [0, 0.05) is 34.6 Å². The number of rotatable bonds is 8. The molecule has 2 heterocycles. The molecule has 0 aliphatic carbocycles. The summed E-state index contributed by atoms with van der Waals surface area (Å²) in [6.45, 7) is 2.85. The van der Waals surface area contributed by atoms with E-state index in [0.29, 0.717) is 17.0 Å². The second-order valence-electron chi connectivity index (χ2n) is 7.77. The van der Waals surface area contributed by atoms with Gasteiger partial charge in [-0.15, -0.1) is 0 Å². The number of carbonyl (C=O) groups is 1. The molecule has 0 bridgehead atoms. The second-order valence-corrected chi connectivity index (χ2v) is 8.17. The molecule has 3 rings (SSSR count). The van der Waals surface area contributed by atoms with Crippen LogP contribution in [-0.4, -0.2) is 39.1 Å². The van der Waals surface area contributed by atoms with E-state index in [0.717, 1.165) is 6.07 Å². The van der Waals surface area contributed by atoms with Gasteiger partial charge in [-0.2, -0.15) is 18.3 Å². The van der Waals surface area contributed by atoms with Gasteiger partial charge in [-0.25, -0.2) is 0 Å². The third kappa shape index (κ3) is 5.34. The zero-order valence-electron chi connectivity index (χ0n) is 18.6. The zero-order chi connectivity index (χ0) is 25.1. The molecule has 1 N–H and O–H groups in total. The van der Waals surface area contributed by atoms with Crippen molar-refractivity contribution in [2.24, 2.45) is 0 Å². The van der Waals surface area contributed by atoms with Gasteiger partial charge in [-0.3, -0.25) is 14.5 Å². The lowest BCUT2D eigenvalue weighted by molar-refractivity contribution is -0.274. The minimum atomic E-state index is -4.97. The molecular weight excluding hydrogens is 475 g/mol. The normalized spacial score (nSPS) is 14.4. The van der Waals surface area contributed by atoms with Gasteiger partial charge in [0.25, 0.3) is 0 Å². The van der Waals surface area contributed by atoms with Crippen molar-refractivity contribution in [1.82, 2.24) is 14.8 Å². The third-order valence-electron chi connectivity index (χ3n) is 5.45. The number of aromatic nitrogens is 3. The molecule has 0 saturated heterocycles. The Balaban J connectivity index is 1.80. The van der Waals surface area contributed by atoms with Gasteiger partial charge in [0.2, 0.25) is 0 Å². The fourth-order valence-electron chi connectivity index (χ4n) is 3.55. The largest absolute Gasteiger partial charge is 0.489 e. The van der Waals surface area contributed by atoms with Crippen molar-refractivity contribution in [2.75, 3.05) is 7.11 Å². The summed E-state index contributed by atoms with van der Waals surface area (Å²) in [6, 6.07) is 6.61. The average Bonchev–Trinajstić information content (AvgIpc) is 3.23. The average molecular weight is 498 g/mol. The Labute approximate surface area is 199 Å². The molecule has 3 aromatic rings. The minimum absolute atomic E-state index is 0.0137. The first-order valence-corrected chi connectivity index (χ1v) is 10.6. The molecule has 1 aromatic carbocycles. The van der Waals surface area contributed by atoms with Crippen LogP contribution in [0.5, 0.6) is 5.75 Å². The van der Waals surface area contributed by atoms with Gasteiger partial charge in [0.1, 0.15) is 18.9 Å². The number of ether oxygens (including phenoxy) is 2. The van der Waals surface area contributed by atoms with Crippen molar-refractivity contribution in [3.63, 3.8) is 0 Å². The van der Waals surface area contributed by atoms with Crippen LogP contribution in [0, 0.1) is 6.92 Å². The Morgan fingerprint density at radius 1 is 1.26 bits per heavy atom. The molecule has 0 radical (unpaired) electrons. The molecule has 182 valence electrons. The summed E-state index contributed by atoms with van der Waals surface area (Å²) in [7, 11) is 1.28. The van der Waals surface area contributed by atoms with Crippen LogP contribution < -0.4 is 4.74 Å². The summed E-state index contributed by atoms with van der Waals surface area (Å²) >= 11 is 6.32. The molecule has 34 heavy (non-hydrogen) atoms. The molecule has 0 aliphatic heterocycles. The number of alkyl halides is 3. The van der Waals surface area contributed by atoms with Crippen LogP contribution in [0.3, 0.4) is 0 Å². The van der Waals surface area contributed by atoms with E-state index in [2.05, 4.69) is 14.8 Å². The lowest BCUT2D eigenvalue weighted by Crippen LogP contribution is -2.46. The predicted molar refractivity (Wildman–Crippen MR) is 117 cm³/mol. The zero-order valence-corrected chi connectivity index (χ0v) is 19.4. The van der Waals surface area contributed by atoms with Crippen molar-refractivity contribution in [3.8, 4) is 5.75 Å². The van der Waals surface area contributed by atoms with Gasteiger partial charge in [0.15, 0.2) is 5.60 Å². The van der Waals surface area contributed by atoms with Crippen LogP contribution in [-0.2, 0) is 28.3 Å². The number of halogens is 4. The summed E-state index contributed by atoms with van der Waals surface area (Å²) in [5, 5.41) is 15.0. The van der Waals surface area contributed by atoms with Gasteiger partial charge in [0.05, 0.1) is 13.3 Å². The highest BCUT2D eigenvalue weighted by atomic mass is 35.5. The highest BCUT2D eigenvalue weighted by Crippen LogP contribution is 2.50. The van der Waals surface area contributed by atoms with Crippen molar-refractivity contribution in [1.29, 1.82) is 0 Å². The fraction of sp³-hybridized carbons (Fsp3) is 0.348. The lowest BCUT2D eigenvalue weighted by Gasteiger charge is -2.37. The number of carbonyl (C=O) groups excluding carboxylic acids is 1. The van der Waals surface area contributed by atoms with Crippen LogP contribution in [0.1, 0.15) is 35.2 Å². The lowest BCUT2D eigenvalue weighted by atomic mass is 9.78. The number of benzene rings is 1. The van der Waals surface area contributed by atoms with Gasteiger partial charge in [-0.1, -0.05) is 24.6 Å². The van der Waals surface area contributed by atoms with E-state index in [1.165, 1.54) is 55.4 Å². The van der Waals surface area contributed by atoms with E-state index in [9.17, 15) is 23.1 Å². The highest BCUT2D eigenvalue weighted by molar-refractivity contribution is 6.31. The maximum atomic E-state index is 14.1. The van der Waals surface area contributed by atoms with E-state index in [4.69, 9.17) is 16.3 Å². The number of methoxy groups -OCH3 is 1. The van der Waals surface area contributed by atoms with E-state index in [1.54, 1.807) is 13.1 Å². The van der Waals surface area contributed by atoms with E-state index >= 15 is 0 Å². The van der Waals surface area contributed by atoms with E-state index in [-0.39, 0.29) is 29.3 Å². The number of aliphatic hydroxyl groups is 1. The molecule has 0 spiro atoms. The molecule has 0 fully saturated rings. The molecule has 2 atom stereocenters. The molecule has 0 saturated carbocycles. The van der Waals surface area contributed by atoms with Gasteiger partial charge in [-0.05, 0) is 42.3 Å². The molecule has 0 amide bonds. The van der Waals surface area contributed by atoms with E-state index in [1.807, 2.05) is 0 Å². The van der Waals surface area contributed by atoms with Crippen molar-refractivity contribution < 1.29 is 32.5 Å². The van der Waals surface area contributed by atoms with Crippen LogP contribution in [0.25, 0.3) is 0 Å². The summed E-state index contributed by atoms with van der Waals surface area (Å²) < 4.78 is 53.9. The number of aryl methyl sites for hydroxylation is 1. The Morgan fingerprint density at radius 3 is 2.62 bits per heavy atom. The van der Waals surface area contributed by atoms with Crippen LogP contribution >= 0.6 is 11.6 Å². The van der Waals surface area contributed by atoms with Crippen molar-refractivity contribution >= 4 is 17.6 Å². The van der Waals surface area contributed by atoms with Crippen LogP contribution in [0.2, 0.25) is 5.02 Å². The van der Waals surface area contributed by atoms with Crippen molar-refractivity contribution in [3.05, 3.63) is 76.3 Å². The summed E-state index contributed by atoms with van der Waals surface area (Å²) in [6.07, 6.45) is -0.626. The minimum Gasteiger partial charge on any atom is -0.489 e. The predicted octanol–water partition coefficient (Wildman–Crippen LogP) is 4.55. The quantitative estimate of drug-likeness (QED) is 0.460. The monoisotopic (exact) mass is 497 g/mol.